The summed E-state index contributed by atoms with van der Waals surface area (Å²) in [6.45, 7) is 5.48. The summed E-state index contributed by atoms with van der Waals surface area (Å²) in [5.74, 6) is -0.696. The van der Waals surface area contributed by atoms with Gasteiger partial charge < -0.3 is 4.90 Å². The molecule has 3 nitrogen and oxygen atoms in total. The van der Waals surface area contributed by atoms with Crippen LogP contribution in [0, 0.1) is 12.7 Å². The van der Waals surface area contributed by atoms with Gasteiger partial charge in [0.1, 0.15) is 5.82 Å². The van der Waals surface area contributed by atoms with Crippen molar-refractivity contribution >= 4 is 17.5 Å². The molecule has 1 saturated heterocycles. The number of amides is 1. The largest absolute Gasteiger partial charge is 0.336 e. The molecule has 5 heteroatoms. The van der Waals surface area contributed by atoms with Gasteiger partial charge in [-0.1, -0.05) is 60.1 Å². The summed E-state index contributed by atoms with van der Waals surface area (Å²) in [7, 11) is 0. The van der Waals surface area contributed by atoms with Gasteiger partial charge in [-0.15, -0.1) is 0 Å². The third-order valence-electron chi connectivity index (χ3n) is 5.66. The molecule has 0 bridgehead atoms. The normalized spacial score (nSPS) is 14.7. The summed E-state index contributed by atoms with van der Waals surface area (Å²) in [5, 5.41) is 0.766. The van der Waals surface area contributed by atoms with E-state index in [-0.39, 0.29) is 11.5 Å². The number of piperazine rings is 1. The minimum atomic E-state index is -0.462. The third-order valence-corrected chi connectivity index (χ3v) is 6.07. The van der Waals surface area contributed by atoms with Crippen LogP contribution in [0.3, 0.4) is 0 Å². The van der Waals surface area contributed by atoms with Gasteiger partial charge in [-0.3, -0.25) is 9.69 Å². The highest BCUT2D eigenvalue weighted by atomic mass is 35.5. The Morgan fingerprint density at radius 1 is 0.967 bits per heavy atom. The maximum atomic E-state index is 14.0. The number of carbonyl (C=O) groups excluding carboxylic acids is 1. The summed E-state index contributed by atoms with van der Waals surface area (Å²) in [4.78, 5) is 16.7. The molecule has 3 aromatic rings. The predicted octanol–water partition coefficient (Wildman–Crippen LogP) is 5.41. The van der Waals surface area contributed by atoms with E-state index >= 15 is 0 Å². The Kier molecular flexibility index (Phi) is 6.16. The number of nitrogens with zero attached hydrogens (tertiary/aromatic N) is 2. The lowest BCUT2D eigenvalue weighted by molar-refractivity contribution is 0.0624. The second-order valence-corrected chi connectivity index (χ2v) is 8.08. The molecular weight excluding hydrogens is 399 g/mol. The number of halogens is 2. The van der Waals surface area contributed by atoms with Gasteiger partial charge in [-0.05, 0) is 47.4 Å². The van der Waals surface area contributed by atoms with E-state index in [1.165, 1.54) is 17.2 Å². The number of benzene rings is 3. The van der Waals surface area contributed by atoms with Gasteiger partial charge in [0.15, 0.2) is 0 Å². The van der Waals surface area contributed by atoms with Crippen molar-refractivity contribution in [3.63, 3.8) is 0 Å². The van der Waals surface area contributed by atoms with Gasteiger partial charge in [-0.25, -0.2) is 4.39 Å². The van der Waals surface area contributed by atoms with Crippen LogP contribution in [0.2, 0.25) is 5.02 Å². The molecule has 1 heterocycles. The number of aryl methyl sites for hydroxylation is 1. The molecule has 0 unspecified atom stereocenters. The van der Waals surface area contributed by atoms with Crippen molar-refractivity contribution in [3.8, 4) is 11.1 Å². The van der Waals surface area contributed by atoms with Crippen molar-refractivity contribution in [2.75, 3.05) is 26.2 Å². The molecule has 1 amide bonds. The minimum Gasteiger partial charge on any atom is -0.336 e. The number of hydrogen-bond donors (Lipinski definition) is 0. The summed E-state index contributed by atoms with van der Waals surface area (Å²) >= 11 is 6.34. The van der Waals surface area contributed by atoms with Gasteiger partial charge in [0.05, 0.1) is 5.56 Å². The maximum absolute atomic E-state index is 14.0. The highest BCUT2D eigenvalue weighted by molar-refractivity contribution is 6.31. The first-order chi connectivity index (χ1) is 14.5. The fourth-order valence-electron chi connectivity index (χ4n) is 3.86. The van der Waals surface area contributed by atoms with Crippen molar-refractivity contribution in [3.05, 3.63) is 94.3 Å². The van der Waals surface area contributed by atoms with Crippen molar-refractivity contribution < 1.29 is 9.18 Å². The Hall–Kier alpha value is -2.69. The van der Waals surface area contributed by atoms with Crippen molar-refractivity contribution in [1.82, 2.24) is 9.80 Å². The molecule has 3 aromatic carbocycles. The zero-order chi connectivity index (χ0) is 21.1. The average Bonchev–Trinajstić information content (AvgIpc) is 2.76. The molecule has 0 spiro atoms. The van der Waals surface area contributed by atoms with Crippen LogP contribution < -0.4 is 0 Å². The zero-order valence-electron chi connectivity index (χ0n) is 16.9. The summed E-state index contributed by atoms with van der Waals surface area (Å²) in [6, 6.07) is 20.7. The summed E-state index contributed by atoms with van der Waals surface area (Å²) in [5.41, 5.74) is 4.71. The monoisotopic (exact) mass is 422 g/mol. The molecule has 1 fully saturated rings. The van der Waals surface area contributed by atoms with Gasteiger partial charge in [0, 0.05) is 37.7 Å². The topological polar surface area (TPSA) is 23.6 Å². The smallest absolute Gasteiger partial charge is 0.256 e. The number of carbonyl (C=O) groups is 1. The van der Waals surface area contributed by atoms with E-state index in [2.05, 4.69) is 23.1 Å². The SMILES string of the molecule is Cc1ccc(-c2ccccc2CN2CCN(C(=O)c3ccccc3F)CC2)cc1Cl. The average molecular weight is 423 g/mol. The van der Waals surface area contributed by atoms with Gasteiger partial charge in [-0.2, -0.15) is 0 Å². The lowest BCUT2D eigenvalue weighted by Crippen LogP contribution is -2.48. The van der Waals surface area contributed by atoms with E-state index in [4.69, 9.17) is 11.6 Å². The van der Waals surface area contributed by atoms with Crippen LogP contribution >= 0.6 is 11.6 Å². The Morgan fingerprint density at radius 3 is 2.40 bits per heavy atom. The molecule has 0 aromatic heterocycles. The van der Waals surface area contributed by atoms with Crippen LogP contribution in [0.5, 0.6) is 0 Å². The summed E-state index contributed by atoms with van der Waals surface area (Å²) < 4.78 is 14.0. The minimum absolute atomic E-state index is 0.146. The Labute approximate surface area is 181 Å². The van der Waals surface area contributed by atoms with Gasteiger partial charge >= 0.3 is 0 Å². The Balaban J connectivity index is 1.44. The maximum Gasteiger partial charge on any atom is 0.256 e. The van der Waals surface area contributed by atoms with E-state index in [1.54, 1.807) is 23.1 Å². The lowest BCUT2D eigenvalue weighted by Gasteiger charge is -2.35. The molecule has 0 aliphatic carbocycles. The van der Waals surface area contributed by atoms with Crippen LogP contribution in [-0.2, 0) is 6.54 Å². The third kappa shape index (κ3) is 4.40. The predicted molar refractivity (Wildman–Crippen MR) is 119 cm³/mol. The van der Waals surface area contributed by atoms with Crippen LogP contribution in [0.1, 0.15) is 21.5 Å². The van der Waals surface area contributed by atoms with E-state index in [0.717, 1.165) is 35.8 Å². The van der Waals surface area contributed by atoms with Gasteiger partial charge in [0.2, 0.25) is 0 Å². The highest BCUT2D eigenvalue weighted by Crippen LogP contribution is 2.29. The van der Waals surface area contributed by atoms with E-state index in [1.807, 2.05) is 31.2 Å². The number of rotatable bonds is 4. The standard InChI is InChI=1S/C25H24ClFN2O/c1-18-10-11-19(16-23(18)26)21-7-3-2-6-20(21)17-28-12-14-29(15-13-28)25(30)22-8-4-5-9-24(22)27/h2-11,16H,12-15,17H2,1H3. The van der Waals surface area contributed by atoms with Crippen LogP contribution in [0.15, 0.2) is 66.7 Å². The molecule has 154 valence electrons. The quantitative estimate of drug-likeness (QED) is 0.561. The number of hydrogen-bond acceptors (Lipinski definition) is 2. The van der Waals surface area contributed by atoms with Crippen LogP contribution in [0.25, 0.3) is 11.1 Å². The molecule has 0 radical (unpaired) electrons. The Morgan fingerprint density at radius 2 is 1.67 bits per heavy atom. The van der Waals surface area contributed by atoms with Crippen molar-refractivity contribution in [2.24, 2.45) is 0 Å². The summed E-state index contributed by atoms with van der Waals surface area (Å²) in [6.07, 6.45) is 0. The van der Waals surface area contributed by atoms with Crippen LogP contribution in [-0.4, -0.2) is 41.9 Å². The molecule has 1 aliphatic rings. The van der Waals surface area contributed by atoms with Crippen molar-refractivity contribution in [1.29, 1.82) is 0 Å². The molecule has 4 rings (SSSR count). The molecule has 1 aliphatic heterocycles. The lowest BCUT2D eigenvalue weighted by atomic mass is 9.98. The van der Waals surface area contributed by atoms with Crippen molar-refractivity contribution in [2.45, 2.75) is 13.5 Å². The Bertz CT molecular complexity index is 1060. The second kappa shape index (κ2) is 8.99. The van der Waals surface area contributed by atoms with E-state index < -0.39 is 5.82 Å². The second-order valence-electron chi connectivity index (χ2n) is 7.67. The molecular formula is C25H24ClFN2O. The van der Waals surface area contributed by atoms with E-state index in [9.17, 15) is 9.18 Å². The fourth-order valence-corrected chi connectivity index (χ4v) is 4.04. The molecule has 30 heavy (non-hydrogen) atoms. The van der Waals surface area contributed by atoms with Gasteiger partial charge in [0.25, 0.3) is 5.91 Å². The van der Waals surface area contributed by atoms with Crippen LogP contribution in [0.4, 0.5) is 4.39 Å². The molecule has 0 saturated carbocycles. The first-order valence-electron chi connectivity index (χ1n) is 10.1. The first kappa shape index (κ1) is 20.6. The molecule has 0 N–H and O–H groups in total. The van der Waals surface area contributed by atoms with E-state index in [0.29, 0.717) is 13.1 Å². The fraction of sp³-hybridized carbons (Fsp3) is 0.240. The zero-order valence-corrected chi connectivity index (χ0v) is 17.7. The first-order valence-corrected chi connectivity index (χ1v) is 10.5. The highest BCUT2D eigenvalue weighted by Gasteiger charge is 2.24. The molecule has 0 atom stereocenters.